The Kier molecular flexibility index (Phi) is 6.17. The van der Waals surface area contributed by atoms with Crippen LogP contribution in [0.15, 0.2) is 30.3 Å². The van der Waals surface area contributed by atoms with Crippen LogP contribution in [0.2, 0.25) is 0 Å². The number of hydrogen-bond acceptors (Lipinski definition) is 3. The average molecular weight is 305 g/mol. The number of halogens is 3. The molecule has 0 saturated heterocycles. The number of alkyl halides is 3. The topological polar surface area (TPSA) is 58.6 Å². The number of hydrogen-bond donors (Lipinski definition) is 2. The molecule has 1 aromatic carbocycles. The predicted octanol–water partition coefficient (Wildman–Crippen LogP) is 2.55. The Bertz CT molecular complexity index is 451. The van der Waals surface area contributed by atoms with E-state index in [0.717, 1.165) is 0 Å². The molecule has 0 saturated carbocycles. The van der Waals surface area contributed by atoms with Crippen LogP contribution in [-0.2, 0) is 15.1 Å². The molecule has 0 radical (unpaired) electrons. The number of benzene rings is 1. The summed E-state index contributed by atoms with van der Waals surface area (Å²) in [5.41, 5.74) is -0.990. The van der Waals surface area contributed by atoms with Crippen molar-refractivity contribution in [2.24, 2.45) is 0 Å². The van der Waals surface area contributed by atoms with Crippen molar-refractivity contribution in [3.63, 3.8) is 0 Å². The molecule has 0 bridgehead atoms. The van der Waals surface area contributed by atoms with Gasteiger partial charge in [0.15, 0.2) is 5.54 Å². The van der Waals surface area contributed by atoms with Crippen LogP contribution in [0.4, 0.5) is 13.2 Å². The van der Waals surface area contributed by atoms with E-state index < -0.39 is 24.1 Å². The zero-order chi connectivity index (χ0) is 15.9. The molecular weight excluding hydrogens is 287 g/mol. The Morgan fingerprint density at radius 3 is 2.38 bits per heavy atom. The van der Waals surface area contributed by atoms with Crippen LogP contribution >= 0.6 is 0 Å². The quantitative estimate of drug-likeness (QED) is 0.725. The van der Waals surface area contributed by atoms with Gasteiger partial charge in [-0.2, -0.15) is 13.2 Å². The van der Waals surface area contributed by atoms with Crippen molar-refractivity contribution in [2.45, 2.75) is 24.6 Å². The number of rotatable bonds is 8. The van der Waals surface area contributed by atoms with Crippen LogP contribution in [0.1, 0.15) is 18.4 Å². The molecule has 7 heteroatoms. The fourth-order valence-electron chi connectivity index (χ4n) is 1.91. The average Bonchev–Trinajstić information content (AvgIpc) is 2.42. The van der Waals surface area contributed by atoms with Crippen LogP contribution in [0.3, 0.4) is 0 Å². The molecule has 118 valence electrons. The summed E-state index contributed by atoms with van der Waals surface area (Å²) in [6, 6.07) is 8.38. The molecule has 4 nitrogen and oxygen atoms in total. The van der Waals surface area contributed by atoms with Crippen molar-refractivity contribution in [1.82, 2.24) is 5.32 Å². The summed E-state index contributed by atoms with van der Waals surface area (Å²) in [5.74, 6) is -1.15. The molecule has 1 atom stereocenters. The highest BCUT2D eigenvalue weighted by Gasteiger charge is 2.39. The molecule has 0 aliphatic heterocycles. The lowest BCUT2D eigenvalue weighted by atomic mass is 9.91. The number of carboxylic acid groups (broad SMARTS) is 1. The molecule has 0 spiro atoms. The molecule has 0 fully saturated rings. The lowest BCUT2D eigenvalue weighted by Crippen LogP contribution is -2.51. The minimum Gasteiger partial charge on any atom is -0.480 e. The SMILES string of the molecule is CNC(COCCCC(F)(F)F)(C(=O)O)c1ccccc1. The normalized spacial score (nSPS) is 14.7. The standard InChI is InChI=1S/C14H18F3NO3/c1-18-13(12(19)20,11-6-3-2-4-7-11)10-21-9-5-8-14(15,16)17/h2-4,6-7,18H,5,8-10H2,1H3,(H,19,20). The molecule has 1 rings (SSSR count). The van der Waals surface area contributed by atoms with Gasteiger partial charge in [-0.3, -0.25) is 5.32 Å². The minimum absolute atomic E-state index is 0.150. The van der Waals surface area contributed by atoms with Crippen molar-refractivity contribution in [2.75, 3.05) is 20.3 Å². The number of nitrogens with one attached hydrogen (secondary N) is 1. The van der Waals surface area contributed by atoms with Gasteiger partial charge in [-0.05, 0) is 19.0 Å². The highest BCUT2D eigenvalue weighted by molar-refractivity contribution is 5.81. The lowest BCUT2D eigenvalue weighted by molar-refractivity contribution is -0.150. The van der Waals surface area contributed by atoms with E-state index in [9.17, 15) is 23.1 Å². The molecule has 0 aromatic heterocycles. The smallest absolute Gasteiger partial charge is 0.389 e. The number of carboxylic acids is 1. The summed E-state index contributed by atoms with van der Waals surface area (Å²) >= 11 is 0. The van der Waals surface area contributed by atoms with Gasteiger partial charge in [0, 0.05) is 13.0 Å². The highest BCUT2D eigenvalue weighted by Crippen LogP contribution is 2.23. The van der Waals surface area contributed by atoms with Crippen LogP contribution < -0.4 is 5.32 Å². The first-order valence-electron chi connectivity index (χ1n) is 6.44. The Hall–Kier alpha value is -1.60. The maximum atomic E-state index is 12.0. The summed E-state index contributed by atoms with van der Waals surface area (Å²) in [7, 11) is 1.47. The van der Waals surface area contributed by atoms with Gasteiger partial charge in [0.05, 0.1) is 6.61 Å². The van der Waals surface area contributed by atoms with Gasteiger partial charge in [-0.1, -0.05) is 30.3 Å². The molecular formula is C14H18F3NO3. The monoisotopic (exact) mass is 305 g/mol. The maximum Gasteiger partial charge on any atom is 0.389 e. The second-order valence-corrected chi connectivity index (χ2v) is 4.60. The van der Waals surface area contributed by atoms with E-state index in [1.54, 1.807) is 30.3 Å². The zero-order valence-corrected chi connectivity index (χ0v) is 11.6. The Labute approximate surface area is 120 Å². The minimum atomic E-state index is -4.23. The number of likely N-dealkylation sites (N-methyl/N-ethyl adjacent to an activating group) is 1. The van der Waals surface area contributed by atoms with Crippen molar-refractivity contribution < 1.29 is 27.8 Å². The fraction of sp³-hybridized carbons (Fsp3) is 0.500. The van der Waals surface area contributed by atoms with Gasteiger partial charge in [0.2, 0.25) is 0 Å². The molecule has 0 aliphatic carbocycles. The third kappa shape index (κ3) is 5.02. The molecule has 2 N–H and O–H groups in total. The van der Waals surface area contributed by atoms with E-state index in [1.807, 2.05) is 0 Å². The number of carbonyl (C=O) groups is 1. The van der Waals surface area contributed by atoms with E-state index in [0.29, 0.717) is 5.56 Å². The first-order valence-corrected chi connectivity index (χ1v) is 6.44. The van der Waals surface area contributed by atoms with E-state index in [-0.39, 0.29) is 19.6 Å². The molecule has 21 heavy (non-hydrogen) atoms. The summed E-state index contributed by atoms with van der Waals surface area (Å²) in [5, 5.41) is 12.1. The Morgan fingerprint density at radius 1 is 1.29 bits per heavy atom. The van der Waals surface area contributed by atoms with Crippen LogP contribution in [0.5, 0.6) is 0 Å². The van der Waals surface area contributed by atoms with Gasteiger partial charge in [-0.25, -0.2) is 4.79 Å². The van der Waals surface area contributed by atoms with Gasteiger partial charge in [0.25, 0.3) is 0 Å². The Morgan fingerprint density at radius 2 is 1.90 bits per heavy atom. The molecule has 1 unspecified atom stereocenters. The first kappa shape index (κ1) is 17.5. The third-order valence-corrected chi connectivity index (χ3v) is 3.13. The van der Waals surface area contributed by atoms with Gasteiger partial charge in [0.1, 0.15) is 0 Å². The maximum absolute atomic E-state index is 12.0. The predicted molar refractivity (Wildman–Crippen MR) is 70.9 cm³/mol. The van der Waals surface area contributed by atoms with Gasteiger partial charge in [-0.15, -0.1) is 0 Å². The first-order chi connectivity index (χ1) is 9.82. The van der Waals surface area contributed by atoms with Crippen LogP contribution in [0, 0.1) is 0 Å². The number of ether oxygens (including phenoxy) is 1. The molecule has 0 heterocycles. The van der Waals surface area contributed by atoms with E-state index in [1.165, 1.54) is 7.05 Å². The van der Waals surface area contributed by atoms with E-state index >= 15 is 0 Å². The van der Waals surface area contributed by atoms with Crippen LogP contribution in [-0.4, -0.2) is 37.5 Å². The fourth-order valence-corrected chi connectivity index (χ4v) is 1.91. The summed E-state index contributed by atoms with van der Waals surface area (Å²) < 4.78 is 41.2. The van der Waals surface area contributed by atoms with E-state index in [4.69, 9.17) is 4.74 Å². The number of aliphatic carboxylic acids is 1. The summed E-state index contributed by atoms with van der Waals surface area (Å²) in [4.78, 5) is 11.6. The highest BCUT2D eigenvalue weighted by atomic mass is 19.4. The summed E-state index contributed by atoms with van der Waals surface area (Å²) in [6.07, 6.45) is -5.37. The molecule has 0 amide bonds. The Balaban J connectivity index is 2.66. The van der Waals surface area contributed by atoms with Gasteiger partial charge >= 0.3 is 12.1 Å². The summed E-state index contributed by atoms with van der Waals surface area (Å²) in [6.45, 7) is -0.399. The molecule has 1 aromatic rings. The second kappa shape index (κ2) is 7.42. The molecule has 0 aliphatic rings. The van der Waals surface area contributed by atoms with Crippen LogP contribution in [0.25, 0.3) is 0 Å². The third-order valence-electron chi connectivity index (χ3n) is 3.13. The van der Waals surface area contributed by atoms with E-state index in [2.05, 4.69) is 5.32 Å². The van der Waals surface area contributed by atoms with Crippen molar-refractivity contribution in [1.29, 1.82) is 0 Å². The second-order valence-electron chi connectivity index (χ2n) is 4.60. The zero-order valence-electron chi connectivity index (χ0n) is 11.6. The van der Waals surface area contributed by atoms with Crippen molar-refractivity contribution in [3.05, 3.63) is 35.9 Å². The van der Waals surface area contributed by atoms with Crippen molar-refractivity contribution in [3.8, 4) is 0 Å². The largest absolute Gasteiger partial charge is 0.480 e. The lowest BCUT2D eigenvalue weighted by Gasteiger charge is -2.29. The van der Waals surface area contributed by atoms with Gasteiger partial charge < -0.3 is 9.84 Å². The van der Waals surface area contributed by atoms with Crippen molar-refractivity contribution >= 4 is 5.97 Å².